The minimum atomic E-state index is 0.619. The Balaban J connectivity index is 1.13. The molecule has 3 unspecified atom stereocenters. The number of rotatable bonds is 5. The van der Waals surface area contributed by atoms with Crippen molar-refractivity contribution < 1.29 is 0 Å². The molecule has 4 heterocycles. The predicted octanol–water partition coefficient (Wildman–Crippen LogP) is 4.62. The van der Waals surface area contributed by atoms with Crippen molar-refractivity contribution in [3.63, 3.8) is 0 Å². The van der Waals surface area contributed by atoms with Gasteiger partial charge in [-0.3, -0.25) is 9.88 Å². The van der Waals surface area contributed by atoms with Crippen LogP contribution in [0.5, 0.6) is 0 Å². The monoisotopic (exact) mass is 491 g/mol. The van der Waals surface area contributed by atoms with Crippen LogP contribution in [-0.2, 0) is 13.0 Å². The van der Waals surface area contributed by atoms with Crippen molar-refractivity contribution >= 4 is 21.8 Å². The lowest BCUT2D eigenvalue weighted by atomic mass is 9.88. The van der Waals surface area contributed by atoms with Crippen molar-refractivity contribution in [1.29, 1.82) is 0 Å². The molecule has 6 heteroatoms. The quantitative estimate of drug-likeness (QED) is 0.662. The van der Waals surface area contributed by atoms with Crippen molar-refractivity contribution in [2.24, 2.45) is 23.2 Å². The number of nitrogens with one attached hydrogen (secondary N) is 1. The Morgan fingerprint density at radius 2 is 2.22 bits per heavy atom. The third kappa shape index (κ3) is 3.13. The van der Waals surface area contributed by atoms with Gasteiger partial charge < -0.3 is 5.32 Å². The number of piperidine rings is 1. The topological polar surface area (TPSA) is 46.0 Å². The van der Waals surface area contributed by atoms with E-state index in [0.29, 0.717) is 5.92 Å². The molecule has 1 spiro atoms. The number of halogens is 1. The van der Waals surface area contributed by atoms with Crippen LogP contribution >= 0.6 is 15.9 Å². The van der Waals surface area contributed by atoms with Crippen LogP contribution in [0.1, 0.15) is 43.4 Å². The van der Waals surface area contributed by atoms with Gasteiger partial charge in [0.15, 0.2) is 0 Å². The van der Waals surface area contributed by atoms with Gasteiger partial charge in [0, 0.05) is 37.9 Å². The lowest BCUT2D eigenvalue weighted by Crippen LogP contribution is -2.43. The lowest BCUT2D eigenvalue weighted by molar-refractivity contribution is 0.119. The predicted molar refractivity (Wildman–Crippen MR) is 128 cm³/mol. The highest BCUT2D eigenvalue weighted by Gasteiger charge is 2.77. The Morgan fingerprint density at radius 1 is 1.25 bits per heavy atom. The van der Waals surface area contributed by atoms with Gasteiger partial charge in [0.1, 0.15) is 5.82 Å². The molecule has 4 fully saturated rings. The zero-order chi connectivity index (χ0) is 21.3. The van der Waals surface area contributed by atoms with Crippen LogP contribution < -0.4 is 5.32 Å². The second-order valence-corrected chi connectivity index (χ2v) is 11.4. The third-order valence-corrected chi connectivity index (χ3v) is 9.58. The number of hydrogen-bond donors (Lipinski definition) is 1. The molecule has 2 aromatic rings. The highest BCUT2D eigenvalue weighted by Crippen LogP contribution is 2.82. The number of aromatic nitrogens is 3. The highest BCUT2D eigenvalue weighted by molar-refractivity contribution is 9.10. The van der Waals surface area contributed by atoms with E-state index in [2.05, 4.69) is 59.1 Å². The second-order valence-electron chi connectivity index (χ2n) is 10.6. The minimum Gasteiger partial charge on any atom is -0.366 e. The number of hydrogen-bond acceptors (Lipinski definition) is 4. The average Bonchev–Trinajstić information content (AvgIpc) is 3.69. The van der Waals surface area contributed by atoms with Crippen LogP contribution in [-0.4, -0.2) is 38.8 Å². The molecule has 1 N–H and O–H groups in total. The molecular weight excluding hydrogens is 462 g/mol. The molecule has 2 aliphatic heterocycles. The molecule has 1 saturated heterocycles. The Morgan fingerprint density at radius 3 is 3.03 bits per heavy atom. The molecule has 7 rings (SSSR count). The van der Waals surface area contributed by atoms with E-state index in [4.69, 9.17) is 0 Å². The summed E-state index contributed by atoms with van der Waals surface area (Å²) >= 11 is 3.71. The summed E-state index contributed by atoms with van der Waals surface area (Å²) in [5.41, 5.74) is 4.71. The molecule has 0 aromatic carbocycles. The van der Waals surface area contributed by atoms with Crippen LogP contribution in [0.4, 0.5) is 0 Å². The fourth-order valence-corrected chi connectivity index (χ4v) is 7.50. The smallest absolute Gasteiger partial charge is 0.128 e. The maximum atomic E-state index is 4.68. The summed E-state index contributed by atoms with van der Waals surface area (Å²) in [7, 11) is 0. The van der Waals surface area contributed by atoms with E-state index in [-0.39, 0.29) is 0 Å². The van der Waals surface area contributed by atoms with E-state index in [1.165, 1.54) is 55.6 Å². The maximum Gasteiger partial charge on any atom is 0.128 e. The van der Waals surface area contributed by atoms with Crippen LogP contribution in [0.2, 0.25) is 0 Å². The van der Waals surface area contributed by atoms with Gasteiger partial charge in [0.05, 0.1) is 16.4 Å². The number of fused-ring (bicyclic) bond motifs is 1. The van der Waals surface area contributed by atoms with Gasteiger partial charge in [-0.25, -0.2) is 4.68 Å². The first-order valence-corrected chi connectivity index (χ1v) is 13.0. The van der Waals surface area contributed by atoms with E-state index in [0.717, 1.165) is 46.6 Å². The Hall–Kier alpha value is -1.92. The van der Waals surface area contributed by atoms with Crippen molar-refractivity contribution in [3.05, 3.63) is 64.2 Å². The first kappa shape index (κ1) is 19.5. The highest BCUT2D eigenvalue weighted by atomic mass is 79.9. The van der Waals surface area contributed by atoms with Gasteiger partial charge in [0.2, 0.25) is 0 Å². The van der Waals surface area contributed by atoms with Crippen molar-refractivity contribution in [2.75, 3.05) is 13.1 Å². The Kier molecular flexibility index (Phi) is 4.45. The van der Waals surface area contributed by atoms with Crippen molar-refractivity contribution in [1.82, 2.24) is 25.0 Å². The van der Waals surface area contributed by atoms with Crippen LogP contribution in [0, 0.1) is 23.2 Å². The number of nitrogens with zero attached hydrogens (tertiary/aromatic N) is 4. The standard InChI is InChI=1S/C26H30BrN5/c27-22-15-30-32-23(22)6-5-18(9-25(32)29-14-17-3-1-7-28-13-17)19-4-2-8-31(16-19)24-10-20-11-26(20)12-21(24)26/h1,3,5,7,9,13,15,19-21,24,29H,2,4,6,8,10-12,14,16H2/t19?,20-,21-,24?,26?/m1/s1. The van der Waals surface area contributed by atoms with Gasteiger partial charge in [-0.15, -0.1) is 0 Å². The molecule has 32 heavy (non-hydrogen) atoms. The summed E-state index contributed by atoms with van der Waals surface area (Å²) in [6, 6.07) is 4.98. The summed E-state index contributed by atoms with van der Waals surface area (Å²) in [6.45, 7) is 3.27. The summed E-state index contributed by atoms with van der Waals surface area (Å²) in [6.07, 6.45) is 18.6. The van der Waals surface area contributed by atoms with E-state index >= 15 is 0 Å². The maximum absolute atomic E-state index is 4.68. The molecule has 2 aromatic heterocycles. The molecule has 5 nitrogen and oxygen atoms in total. The molecular formula is C26H30BrN5. The second kappa shape index (κ2) is 7.29. The summed E-state index contributed by atoms with van der Waals surface area (Å²) in [5.74, 6) is 3.79. The molecule has 5 aliphatic rings. The first-order valence-electron chi connectivity index (χ1n) is 12.2. The van der Waals surface area contributed by atoms with Gasteiger partial charge in [0.25, 0.3) is 0 Å². The van der Waals surface area contributed by atoms with Gasteiger partial charge in [-0.05, 0) is 101 Å². The average molecular weight is 492 g/mol. The van der Waals surface area contributed by atoms with Crippen LogP contribution in [0.25, 0.3) is 5.82 Å². The molecule has 3 saturated carbocycles. The summed E-state index contributed by atoms with van der Waals surface area (Å²) < 4.78 is 3.15. The zero-order valence-electron chi connectivity index (χ0n) is 18.4. The van der Waals surface area contributed by atoms with Crippen LogP contribution in [0.15, 0.2) is 52.9 Å². The number of likely N-dealkylation sites (tertiary alicyclic amines) is 1. The molecule has 0 amide bonds. The van der Waals surface area contributed by atoms with E-state index in [9.17, 15) is 0 Å². The van der Waals surface area contributed by atoms with E-state index in [1.807, 2.05) is 24.7 Å². The van der Waals surface area contributed by atoms with Crippen molar-refractivity contribution in [3.8, 4) is 0 Å². The lowest BCUT2D eigenvalue weighted by Gasteiger charge is -2.38. The van der Waals surface area contributed by atoms with E-state index < -0.39 is 0 Å². The zero-order valence-corrected chi connectivity index (χ0v) is 20.0. The number of allylic oxidation sites excluding steroid dienone is 2. The van der Waals surface area contributed by atoms with Gasteiger partial charge in [-0.2, -0.15) is 5.10 Å². The summed E-state index contributed by atoms with van der Waals surface area (Å²) in [4.78, 5) is 7.13. The number of pyridine rings is 1. The van der Waals surface area contributed by atoms with Crippen LogP contribution in [0.3, 0.4) is 0 Å². The molecule has 0 radical (unpaired) electrons. The molecule has 0 bridgehead atoms. The molecule has 5 atom stereocenters. The fourth-order valence-electron chi connectivity index (χ4n) is 7.07. The van der Waals surface area contributed by atoms with Crippen molar-refractivity contribution in [2.45, 2.75) is 51.1 Å². The Labute approximate surface area is 198 Å². The van der Waals surface area contributed by atoms with E-state index in [1.54, 1.807) is 6.42 Å². The van der Waals surface area contributed by atoms with Gasteiger partial charge in [-0.1, -0.05) is 12.1 Å². The summed E-state index contributed by atoms with van der Waals surface area (Å²) in [5, 5.41) is 8.33. The first-order chi connectivity index (χ1) is 15.7. The third-order valence-electron chi connectivity index (χ3n) is 8.92. The van der Waals surface area contributed by atoms with Gasteiger partial charge >= 0.3 is 0 Å². The normalized spacial score (nSPS) is 35.2. The fraction of sp³-hybridized carbons (Fsp3) is 0.538. The SMILES string of the molecule is Brc1cnn2c1CC=C(C1CCCN(C3C[C@@H]4CC45C[C@H]35)C1)C=C2NCc1cccnc1. The minimum absolute atomic E-state index is 0.619. The molecule has 3 aliphatic carbocycles. The largest absolute Gasteiger partial charge is 0.366 e. The Bertz CT molecular complexity index is 1100. The molecule has 166 valence electrons.